The van der Waals surface area contributed by atoms with Crippen LogP contribution in [0.2, 0.25) is 0 Å². The number of rotatable bonds is 5. The Morgan fingerprint density at radius 3 is 2.55 bits per heavy atom. The van der Waals surface area contributed by atoms with Gasteiger partial charge in [-0.25, -0.2) is 0 Å². The molecule has 4 nitrogen and oxygen atoms in total. The number of furan rings is 1. The standard InChI is InChI=1S/C16H19NO3/c1-11-7-12(2)9-13(8-11)16(18)17-10-15(19-3)14-5-4-6-20-14/h4-9,15H,10H2,1-3H3,(H,17,18). The number of ether oxygens (including phenoxy) is 1. The molecule has 1 N–H and O–H groups in total. The minimum atomic E-state index is -0.278. The summed E-state index contributed by atoms with van der Waals surface area (Å²) in [6, 6.07) is 9.41. The monoisotopic (exact) mass is 273 g/mol. The number of aryl methyl sites for hydroxylation is 2. The normalized spacial score (nSPS) is 12.2. The van der Waals surface area contributed by atoms with E-state index in [9.17, 15) is 4.79 Å². The Labute approximate surface area is 118 Å². The van der Waals surface area contributed by atoms with Crippen molar-refractivity contribution in [3.63, 3.8) is 0 Å². The van der Waals surface area contributed by atoms with Gasteiger partial charge in [0.1, 0.15) is 11.9 Å². The van der Waals surface area contributed by atoms with E-state index in [2.05, 4.69) is 5.32 Å². The molecule has 1 aromatic heterocycles. The Balaban J connectivity index is 2.01. The van der Waals surface area contributed by atoms with Crippen LogP contribution < -0.4 is 5.32 Å². The van der Waals surface area contributed by atoms with Crippen LogP contribution in [-0.2, 0) is 4.74 Å². The summed E-state index contributed by atoms with van der Waals surface area (Å²) in [6.07, 6.45) is 1.31. The first-order chi connectivity index (χ1) is 9.60. The zero-order chi connectivity index (χ0) is 14.5. The van der Waals surface area contributed by atoms with Gasteiger partial charge in [0.05, 0.1) is 12.8 Å². The van der Waals surface area contributed by atoms with E-state index in [0.29, 0.717) is 17.9 Å². The Morgan fingerprint density at radius 1 is 1.30 bits per heavy atom. The fraction of sp³-hybridized carbons (Fsp3) is 0.312. The minimum absolute atomic E-state index is 0.106. The van der Waals surface area contributed by atoms with E-state index in [0.717, 1.165) is 11.1 Å². The van der Waals surface area contributed by atoms with Gasteiger partial charge in [-0.2, -0.15) is 0 Å². The van der Waals surface area contributed by atoms with Crippen molar-refractivity contribution in [2.45, 2.75) is 20.0 Å². The number of carbonyl (C=O) groups is 1. The largest absolute Gasteiger partial charge is 0.467 e. The fourth-order valence-corrected chi connectivity index (χ4v) is 2.17. The number of benzene rings is 1. The second-order valence-corrected chi connectivity index (χ2v) is 4.83. The second-order valence-electron chi connectivity index (χ2n) is 4.83. The van der Waals surface area contributed by atoms with Crippen LogP contribution in [0.1, 0.15) is 33.3 Å². The van der Waals surface area contributed by atoms with Gasteiger partial charge in [-0.05, 0) is 38.1 Å². The van der Waals surface area contributed by atoms with E-state index < -0.39 is 0 Å². The summed E-state index contributed by atoms with van der Waals surface area (Å²) in [6.45, 7) is 4.32. The Bertz CT molecular complexity index is 555. The molecule has 2 aromatic rings. The lowest BCUT2D eigenvalue weighted by molar-refractivity contribution is 0.0738. The van der Waals surface area contributed by atoms with E-state index in [1.165, 1.54) is 0 Å². The summed E-state index contributed by atoms with van der Waals surface area (Å²) in [5, 5.41) is 2.87. The molecule has 4 heteroatoms. The van der Waals surface area contributed by atoms with E-state index in [1.807, 2.05) is 38.1 Å². The van der Waals surface area contributed by atoms with Crippen molar-refractivity contribution in [1.29, 1.82) is 0 Å². The number of nitrogens with one attached hydrogen (secondary N) is 1. The van der Waals surface area contributed by atoms with Crippen LogP contribution in [-0.4, -0.2) is 19.6 Å². The third kappa shape index (κ3) is 3.48. The van der Waals surface area contributed by atoms with Gasteiger partial charge in [-0.1, -0.05) is 17.2 Å². The lowest BCUT2D eigenvalue weighted by Gasteiger charge is -2.14. The van der Waals surface area contributed by atoms with Gasteiger partial charge in [-0.3, -0.25) is 4.79 Å². The fourth-order valence-electron chi connectivity index (χ4n) is 2.17. The molecule has 0 spiro atoms. The number of hydrogen-bond donors (Lipinski definition) is 1. The first-order valence-corrected chi connectivity index (χ1v) is 6.53. The van der Waals surface area contributed by atoms with Gasteiger partial charge >= 0.3 is 0 Å². The SMILES string of the molecule is COC(CNC(=O)c1cc(C)cc(C)c1)c1ccco1. The summed E-state index contributed by atoms with van der Waals surface area (Å²) in [5.41, 5.74) is 2.81. The molecule has 0 aliphatic carbocycles. The Morgan fingerprint density at radius 2 is 2.00 bits per heavy atom. The highest BCUT2D eigenvalue weighted by Crippen LogP contribution is 2.16. The quantitative estimate of drug-likeness (QED) is 0.911. The highest BCUT2D eigenvalue weighted by atomic mass is 16.5. The van der Waals surface area contributed by atoms with Crippen LogP contribution in [0.25, 0.3) is 0 Å². The average Bonchev–Trinajstić information content (AvgIpc) is 2.92. The molecule has 1 heterocycles. The van der Waals surface area contributed by atoms with Crippen molar-refractivity contribution in [2.24, 2.45) is 0 Å². The minimum Gasteiger partial charge on any atom is -0.467 e. The van der Waals surface area contributed by atoms with Crippen LogP contribution in [0.15, 0.2) is 41.0 Å². The molecule has 0 bridgehead atoms. The van der Waals surface area contributed by atoms with E-state index in [4.69, 9.17) is 9.15 Å². The third-order valence-electron chi connectivity index (χ3n) is 3.08. The molecule has 1 aromatic carbocycles. The van der Waals surface area contributed by atoms with Gasteiger partial charge in [0.2, 0.25) is 0 Å². The first-order valence-electron chi connectivity index (χ1n) is 6.53. The van der Waals surface area contributed by atoms with Crippen LogP contribution in [0.5, 0.6) is 0 Å². The number of carbonyl (C=O) groups excluding carboxylic acids is 1. The van der Waals surface area contributed by atoms with Crippen molar-refractivity contribution in [1.82, 2.24) is 5.32 Å². The maximum absolute atomic E-state index is 12.1. The molecular weight excluding hydrogens is 254 g/mol. The predicted octanol–water partition coefficient (Wildman–Crippen LogP) is 3.01. The summed E-state index contributed by atoms with van der Waals surface area (Å²) in [4.78, 5) is 12.1. The molecule has 1 atom stereocenters. The van der Waals surface area contributed by atoms with Crippen molar-refractivity contribution < 1.29 is 13.9 Å². The molecule has 0 aliphatic rings. The van der Waals surface area contributed by atoms with Crippen LogP contribution in [0.4, 0.5) is 0 Å². The van der Waals surface area contributed by atoms with Gasteiger partial charge < -0.3 is 14.5 Å². The molecule has 0 fully saturated rings. The summed E-state index contributed by atoms with van der Waals surface area (Å²) in [5.74, 6) is 0.596. The molecule has 0 saturated carbocycles. The van der Waals surface area contributed by atoms with Gasteiger partial charge in [0.15, 0.2) is 0 Å². The molecule has 20 heavy (non-hydrogen) atoms. The molecule has 1 unspecified atom stereocenters. The number of methoxy groups -OCH3 is 1. The molecule has 0 aliphatic heterocycles. The van der Waals surface area contributed by atoms with Gasteiger partial charge in [-0.15, -0.1) is 0 Å². The highest BCUT2D eigenvalue weighted by Gasteiger charge is 2.15. The predicted molar refractivity (Wildman–Crippen MR) is 76.7 cm³/mol. The van der Waals surface area contributed by atoms with Crippen molar-refractivity contribution in [3.05, 3.63) is 59.0 Å². The smallest absolute Gasteiger partial charge is 0.251 e. The number of amides is 1. The zero-order valence-electron chi connectivity index (χ0n) is 12.0. The van der Waals surface area contributed by atoms with E-state index in [-0.39, 0.29) is 12.0 Å². The molecule has 2 rings (SSSR count). The van der Waals surface area contributed by atoms with Crippen LogP contribution in [0, 0.1) is 13.8 Å². The summed E-state index contributed by atoms with van der Waals surface area (Å²) in [7, 11) is 1.59. The molecule has 1 amide bonds. The summed E-state index contributed by atoms with van der Waals surface area (Å²) < 4.78 is 10.6. The first kappa shape index (κ1) is 14.3. The molecule has 106 valence electrons. The zero-order valence-corrected chi connectivity index (χ0v) is 12.0. The highest BCUT2D eigenvalue weighted by molar-refractivity contribution is 5.94. The molecular formula is C16H19NO3. The Kier molecular flexibility index (Phi) is 4.58. The lowest BCUT2D eigenvalue weighted by Crippen LogP contribution is -2.29. The maximum Gasteiger partial charge on any atom is 0.251 e. The van der Waals surface area contributed by atoms with Gasteiger partial charge in [0, 0.05) is 12.7 Å². The topological polar surface area (TPSA) is 51.5 Å². The van der Waals surface area contributed by atoms with Gasteiger partial charge in [0.25, 0.3) is 5.91 Å². The van der Waals surface area contributed by atoms with Crippen LogP contribution in [0.3, 0.4) is 0 Å². The Hall–Kier alpha value is -2.07. The van der Waals surface area contributed by atoms with Crippen molar-refractivity contribution in [2.75, 3.05) is 13.7 Å². The lowest BCUT2D eigenvalue weighted by atomic mass is 10.1. The molecule has 0 saturated heterocycles. The van der Waals surface area contributed by atoms with E-state index >= 15 is 0 Å². The van der Waals surface area contributed by atoms with Crippen molar-refractivity contribution in [3.8, 4) is 0 Å². The summed E-state index contributed by atoms with van der Waals surface area (Å²) >= 11 is 0. The average molecular weight is 273 g/mol. The second kappa shape index (κ2) is 6.39. The van der Waals surface area contributed by atoms with Crippen molar-refractivity contribution >= 4 is 5.91 Å². The van der Waals surface area contributed by atoms with E-state index in [1.54, 1.807) is 19.4 Å². The number of hydrogen-bond acceptors (Lipinski definition) is 3. The molecule has 0 radical (unpaired) electrons. The van der Waals surface area contributed by atoms with Crippen LogP contribution >= 0.6 is 0 Å². The third-order valence-corrected chi connectivity index (χ3v) is 3.08. The maximum atomic E-state index is 12.1.